The number of carbonyl (C=O) groups excluding carboxylic acids is 1. The molecule has 5 nitrogen and oxygen atoms in total. The lowest BCUT2D eigenvalue weighted by Gasteiger charge is -2.22. The van der Waals surface area contributed by atoms with Crippen molar-refractivity contribution in [1.82, 2.24) is 5.32 Å². The molecule has 0 bridgehead atoms. The minimum Gasteiger partial charge on any atom is -0.411 e. The van der Waals surface area contributed by atoms with E-state index in [1.807, 2.05) is 18.2 Å². The van der Waals surface area contributed by atoms with Crippen LogP contribution in [0.25, 0.3) is 0 Å². The van der Waals surface area contributed by atoms with Gasteiger partial charge in [0.2, 0.25) is 0 Å². The molecule has 0 aromatic heterocycles. The molecule has 1 fully saturated rings. The standard InChI is InChI=1S/C15H21N3O2/c1-11(18-20)12-6-5-9-14(10-12)17-15(19)16-13-7-3-2-4-8-13/h5-6,9-10,13,20H,2-4,7-8H2,1H3,(H2,16,17,19)/b18-11+. The zero-order chi connectivity index (χ0) is 14.4. The number of urea groups is 1. The molecule has 3 N–H and O–H groups in total. The van der Waals surface area contributed by atoms with Crippen LogP contribution in [0.2, 0.25) is 0 Å². The Morgan fingerprint density at radius 3 is 2.75 bits per heavy atom. The molecule has 5 heteroatoms. The van der Waals surface area contributed by atoms with Crippen molar-refractivity contribution in [3.05, 3.63) is 29.8 Å². The van der Waals surface area contributed by atoms with E-state index in [-0.39, 0.29) is 12.1 Å². The number of nitrogens with one attached hydrogen (secondary N) is 2. The van der Waals surface area contributed by atoms with Crippen LogP contribution in [0.5, 0.6) is 0 Å². The Labute approximate surface area is 119 Å². The SMILES string of the molecule is C/C(=N\O)c1cccc(NC(=O)NC2CCCCC2)c1. The van der Waals surface area contributed by atoms with Crippen LogP contribution in [-0.2, 0) is 0 Å². The molecular weight excluding hydrogens is 254 g/mol. The Kier molecular flexibility index (Phi) is 4.98. The molecule has 0 aliphatic heterocycles. The smallest absolute Gasteiger partial charge is 0.319 e. The summed E-state index contributed by atoms with van der Waals surface area (Å²) in [6, 6.07) is 7.36. The van der Waals surface area contributed by atoms with Gasteiger partial charge in [-0.25, -0.2) is 4.79 Å². The molecule has 2 rings (SSSR count). The molecule has 1 aromatic rings. The highest BCUT2D eigenvalue weighted by Crippen LogP contribution is 2.17. The molecule has 0 saturated heterocycles. The van der Waals surface area contributed by atoms with Gasteiger partial charge in [0.05, 0.1) is 5.71 Å². The minimum absolute atomic E-state index is 0.173. The number of hydrogen-bond donors (Lipinski definition) is 3. The zero-order valence-electron chi connectivity index (χ0n) is 11.7. The molecule has 1 aromatic carbocycles. The fourth-order valence-corrected chi connectivity index (χ4v) is 2.48. The summed E-state index contributed by atoms with van der Waals surface area (Å²) in [5.74, 6) is 0. The van der Waals surface area contributed by atoms with Gasteiger partial charge in [-0.05, 0) is 31.9 Å². The predicted molar refractivity (Wildman–Crippen MR) is 79.5 cm³/mol. The van der Waals surface area contributed by atoms with Crippen LogP contribution >= 0.6 is 0 Å². The van der Waals surface area contributed by atoms with Gasteiger partial charge in [-0.2, -0.15) is 0 Å². The second kappa shape index (κ2) is 6.93. The Balaban J connectivity index is 1.93. The van der Waals surface area contributed by atoms with Crippen LogP contribution in [-0.4, -0.2) is 23.0 Å². The molecule has 0 atom stereocenters. The number of nitrogens with zero attached hydrogens (tertiary/aromatic N) is 1. The van der Waals surface area contributed by atoms with E-state index in [0.717, 1.165) is 18.4 Å². The highest BCUT2D eigenvalue weighted by molar-refractivity contribution is 6.00. The predicted octanol–water partition coefficient (Wildman–Crippen LogP) is 3.34. The Hall–Kier alpha value is -2.04. The Bertz CT molecular complexity index is 494. The summed E-state index contributed by atoms with van der Waals surface area (Å²) < 4.78 is 0. The van der Waals surface area contributed by atoms with Crippen molar-refractivity contribution in [2.24, 2.45) is 5.16 Å². The minimum atomic E-state index is -0.173. The molecule has 1 aliphatic carbocycles. The summed E-state index contributed by atoms with van der Waals surface area (Å²) in [4.78, 5) is 11.9. The third-order valence-electron chi connectivity index (χ3n) is 3.63. The molecule has 20 heavy (non-hydrogen) atoms. The fraction of sp³-hybridized carbons (Fsp3) is 0.467. The van der Waals surface area contributed by atoms with E-state index in [1.54, 1.807) is 13.0 Å². The van der Waals surface area contributed by atoms with Crippen LogP contribution < -0.4 is 10.6 Å². The van der Waals surface area contributed by atoms with E-state index in [4.69, 9.17) is 5.21 Å². The quantitative estimate of drug-likeness (QED) is 0.449. The number of oxime groups is 1. The fourth-order valence-electron chi connectivity index (χ4n) is 2.48. The molecule has 108 valence electrons. The van der Waals surface area contributed by atoms with Crippen molar-refractivity contribution in [3.63, 3.8) is 0 Å². The summed E-state index contributed by atoms with van der Waals surface area (Å²) >= 11 is 0. The molecule has 0 unspecified atom stereocenters. The molecule has 0 spiro atoms. The lowest BCUT2D eigenvalue weighted by atomic mass is 9.96. The van der Waals surface area contributed by atoms with Crippen molar-refractivity contribution in [3.8, 4) is 0 Å². The summed E-state index contributed by atoms with van der Waals surface area (Å²) in [7, 11) is 0. The number of amides is 2. The van der Waals surface area contributed by atoms with Crippen LogP contribution in [0, 0.1) is 0 Å². The number of hydrogen-bond acceptors (Lipinski definition) is 3. The molecule has 2 amide bonds. The maximum atomic E-state index is 11.9. The first kappa shape index (κ1) is 14.4. The summed E-state index contributed by atoms with van der Waals surface area (Å²) in [6.07, 6.45) is 5.76. The molecule has 1 saturated carbocycles. The normalized spacial score (nSPS) is 16.8. The van der Waals surface area contributed by atoms with Gasteiger partial charge in [0, 0.05) is 17.3 Å². The van der Waals surface area contributed by atoms with Crippen LogP contribution in [0.15, 0.2) is 29.4 Å². The largest absolute Gasteiger partial charge is 0.411 e. The van der Waals surface area contributed by atoms with Gasteiger partial charge in [0.15, 0.2) is 0 Å². The summed E-state index contributed by atoms with van der Waals surface area (Å²) in [5.41, 5.74) is 1.99. The monoisotopic (exact) mass is 275 g/mol. The number of carbonyl (C=O) groups is 1. The summed E-state index contributed by atoms with van der Waals surface area (Å²) in [5, 5.41) is 17.7. The molecular formula is C15H21N3O2. The molecule has 0 heterocycles. The lowest BCUT2D eigenvalue weighted by Crippen LogP contribution is -2.39. The number of rotatable bonds is 3. The zero-order valence-corrected chi connectivity index (χ0v) is 11.7. The first-order chi connectivity index (χ1) is 9.69. The molecule has 1 aliphatic rings. The Morgan fingerprint density at radius 1 is 1.30 bits per heavy atom. The number of benzene rings is 1. The highest BCUT2D eigenvalue weighted by atomic mass is 16.4. The van der Waals surface area contributed by atoms with Crippen molar-refractivity contribution < 1.29 is 10.0 Å². The van der Waals surface area contributed by atoms with E-state index < -0.39 is 0 Å². The lowest BCUT2D eigenvalue weighted by molar-refractivity contribution is 0.244. The van der Waals surface area contributed by atoms with Crippen LogP contribution in [0.4, 0.5) is 10.5 Å². The Morgan fingerprint density at radius 2 is 2.05 bits per heavy atom. The number of anilines is 1. The second-order valence-electron chi connectivity index (χ2n) is 5.20. The van der Waals surface area contributed by atoms with Gasteiger partial charge in [-0.15, -0.1) is 0 Å². The van der Waals surface area contributed by atoms with Gasteiger partial charge in [0.25, 0.3) is 0 Å². The van der Waals surface area contributed by atoms with Gasteiger partial charge in [-0.1, -0.05) is 36.6 Å². The van der Waals surface area contributed by atoms with Crippen molar-refractivity contribution >= 4 is 17.4 Å². The average Bonchev–Trinajstić information content (AvgIpc) is 2.47. The maximum Gasteiger partial charge on any atom is 0.319 e. The van der Waals surface area contributed by atoms with E-state index in [9.17, 15) is 4.79 Å². The van der Waals surface area contributed by atoms with Crippen molar-refractivity contribution in [2.75, 3.05) is 5.32 Å². The van der Waals surface area contributed by atoms with Crippen molar-refractivity contribution in [2.45, 2.75) is 45.1 Å². The maximum absolute atomic E-state index is 11.9. The van der Waals surface area contributed by atoms with Gasteiger partial charge in [0.1, 0.15) is 0 Å². The third-order valence-corrected chi connectivity index (χ3v) is 3.63. The van der Waals surface area contributed by atoms with Gasteiger partial charge < -0.3 is 15.8 Å². The van der Waals surface area contributed by atoms with Gasteiger partial charge in [-0.3, -0.25) is 0 Å². The topological polar surface area (TPSA) is 73.7 Å². The second-order valence-corrected chi connectivity index (χ2v) is 5.20. The van der Waals surface area contributed by atoms with Crippen LogP contribution in [0.3, 0.4) is 0 Å². The average molecular weight is 275 g/mol. The van der Waals surface area contributed by atoms with E-state index >= 15 is 0 Å². The van der Waals surface area contributed by atoms with Crippen LogP contribution in [0.1, 0.15) is 44.6 Å². The van der Waals surface area contributed by atoms with E-state index in [1.165, 1.54) is 19.3 Å². The third kappa shape index (κ3) is 3.98. The molecule has 0 radical (unpaired) electrons. The van der Waals surface area contributed by atoms with E-state index in [0.29, 0.717) is 11.4 Å². The highest BCUT2D eigenvalue weighted by Gasteiger charge is 2.15. The van der Waals surface area contributed by atoms with Crippen molar-refractivity contribution in [1.29, 1.82) is 0 Å². The first-order valence-corrected chi connectivity index (χ1v) is 7.05. The summed E-state index contributed by atoms with van der Waals surface area (Å²) in [6.45, 7) is 1.71. The van der Waals surface area contributed by atoms with Gasteiger partial charge >= 0.3 is 6.03 Å². The first-order valence-electron chi connectivity index (χ1n) is 7.05. The van der Waals surface area contributed by atoms with E-state index in [2.05, 4.69) is 15.8 Å².